The van der Waals surface area contributed by atoms with Gasteiger partial charge < -0.3 is 15.0 Å². The minimum Gasteiger partial charge on any atom is -0.497 e. The zero-order valence-corrected chi connectivity index (χ0v) is 14.6. The first-order chi connectivity index (χ1) is 9.82. The average Bonchev–Trinajstić information content (AvgIpc) is 2.42. The number of hydrogen-bond acceptors (Lipinski definition) is 3. The van der Waals surface area contributed by atoms with Crippen molar-refractivity contribution in [1.82, 2.24) is 10.2 Å². The highest BCUT2D eigenvalue weighted by atomic mass is 16.5. The highest BCUT2D eigenvalue weighted by Crippen LogP contribution is 2.16. The predicted molar refractivity (Wildman–Crippen MR) is 91.1 cm³/mol. The second-order valence-corrected chi connectivity index (χ2v) is 7.07. The Labute approximate surface area is 130 Å². The molecule has 1 aromatic rings. The van der Waals surface area contributed by atoms with E-state index >= 15 is 0 Å². The first-order valence-corrected chi connectivity index (χ1v) is 7.83. The third-order valence-corrected chi connectivity index (χ3v) is 3.70. The average molecular weight is 292 g/mol. The van der Waals surface area contributed by atoms with Crippen LogP contribution in [0.4, 0.5) is 0 Å². The molecule has 0 aliphatic heterocycles. The molecular weight excluding hydrogens is 260 g/mol. The molecule has 0 heterocycles. The molecule has 120 valence electrons. The lowest BCUT2D eigenvalue weighted by Gasteiger charge is -2.30. The molecule has 1 aromatic carbocycles. The van der Waals surface area contributed by atoms with E-state index in [0.717, 1.165) is 31.7 Å². The molecule has 0 fully saturated rings. The summed E-state index contributed by atoms with van der Waals surface area (Å²) in [6.07, 6.45) is 2.26. The van der Waals surface area contributed by atoms with E-state index < -0.39 is 0 Å². The molecule has 21 heavy (non-hydrogen) atoms. The van der Waals surface area contributed by atoms with Crippen LogP contribution in [0.25, 0.3) is 0 Å². The molecule has 0 spiro atoms. The molecule has 1 atom stereocenters. The molecule has 0 radical (unpaired) electrons. The molecule has 1 N–H and O–H groups in total. The second-order valence-electron chi connectivity index (χ2n) is 7.07. The number of nitrogens with zero attached hydrogens (tertiary/aromatic N) is 1. The van der Waals surface area contributed by atoms with Crippen molar-refractivity contribution in [2.75, 3.05) is 34.3 Å². The van der Waals surface area contributed by atoms with Gasteiger partial charge in [0.15, 0.2) is 0 Å². The van der Waals surface area contributed by atoms with E-state index in [0.29, 0.717) is 11.5 Å². The SMILES string of the molecule is COc1ccc(CCC(C)NCC(C)(C)CN(C)C)cc1. The van der Waals surface area contributed by atoms with Crippen molar-refractivity contribution in [2.24, 2.45) is 5.41 Å². The lowest BCUT2D eigenvalue weighted by molar-refractivity contribution is 0.225. The highest BCUT2D eigenvalue weighted by molar-refractivity contribution is 5.27. The molecule has 0 bridgehead atoms. The van der Waals surface area contributed by atoms with Gasteiger partial charge >= 0.3 is 0 Å². The topological polar surface area (TPSA) is 24.5 Å². The summed E-state index contributed by atoms with van der Waals surface area (Å²) < 4.78 is 5.19. The first kappa shape index (κ1) is 18.0. The molecule has 0 aliphatic carbocycles. The van der Waals surface area contributed by atoms with Crippen LogP contribution in [0.5, 0.6) is 5.75 Å². The molecule has 3 heteroatoms. The van der Waals surface area contributed by atoms with Gasteiger partial charge in [-0.05, 0) is 57.0 Å². The second kappa shape index (κ2) is 8.40. The van der Waals surface area contributed by atoms with E-state index in [1.165, 1.54) is 5.56 Å². The van der Waals surface area contributed by atoms with Crippen molar-refractivity contribution in [3.63, 3.8) is 0 Å². The fourth-order valence-corrected chi connectivity index (χ4v) is 2.64. The first-order valence-electron chi connectivity index (χ1n) is 7.83. The van der Waals surface area contributed by atoms with E-state index in [1.807, 2.05) is 12.1 Å². The van der Waals surface area contributed by atoms with Crippen molar-refractivity contribution >= 4 is 0 Å². The quantitative estimate of drug-likeness (QED) is 0.756. The standard InChI is InChI=1S/C18H32N2O/c1-15(19-13-18(2,3)14-20(4)5)7-8-16-9-11-17(21-6)12-10-16/h9-12,15,19H,7-8,13-14H2,1-6H3. The van der Waals surface area contributed by atoms with Gasteiger partial charge in [-0.1, -0.05) is 26.0 Å². The maximum atomic E-state index is 5.19. The summed E-state index contributed by atoms with van der Waals surface area (Å²) in [5.41, 5.74) is 1.68. The zero-order valence-electron chi connectivity index (χ0n) is 14.6. The monoisotopic (exact) mass is 292 g/mol. The Hall–Kier alpha value is -1.06. The molecule has 3 nitrogen and oxygen atoms in total. The van der Waals surface area contributed by atoms with Crippen molar-refractivity contribution in [3.8, 4) is 5.75 Å². The fraction of sp³-hybridized carbons (Fsp3) is 0.667. The summed E-state index contributed by atoms with van der Waals surface area (Å²) in [6.45, 7) is 9.06. The summed E-state index contributed by atoms with van der Waals surface area (Å²) in [5, 5.41) is 3.67. The summed E-state index contributed by atoms with van der Waals surface area (Å²) in [6, 6.07) is 8.91. The largest absolute Gasteiger partial charge is 0.497 e. The maximum Gasteiger partial charge on any atom is 0.118 e. The number of hydrogen-bond donors (Lipinski definition) is 1. The Morgan fingerprint density at radius 3 is 2.33 bits per heavy atom. The molecule has 0 saturated carbocycles. The smallest absolute Gasteiger partial charge is 0.118 e. The van der Waals surface area contributed by atoms with Gasteiger partial charge in [-0.15, -0.1) is 0 Å². The number of aryl methyl sites for hydroxylation is 1. The lowest BCUT2D eigenvalue weighted by Crippen LogP contribution is -2.40. The van der Waals surface area contributed by atoms with Crippen molar-refractivity contribution in [2.45, 2.75) is 39.7 Å². The summed E-state index contributed by atoms with van der Waals surface area (Å²) in [4.78, 5) is 2.25. The highest BCUT2D eigenvalue weighted by Gasteiger charge is 2.19. The van der Waals surface area contributed by atoms with Gasteiger partial charge in [-0.3, -0.25) is 0 Å². The third kappa shape index (κ3) is 7.49. The van der Waals surface area contributed by atoms with Gasteiger partial charge in [0.2, 0.25) is 0 Å². The molecule has 1 rings (SSSR count). The van der Waals surface area contributed by atoms with Gasteiger partial charge in [-0.2, -0.15) is 0 Å². The summed E-state index contributed by atoms with van der Waals surface area (Å²) in [5.74, 6) is 0.926. The fourth-order valence-electron chi connectivity index (χ4n) is 2.64. The number of ether oxygens (including phenoxy) is 1. The lowest BCUT2D eigenvalue weighted by atomic mass is 9.92. The summed E-state index contributed by atoms with van der Waals surface area (Å²) >= 11 is 0. The van der Waals surface area contributed by atoms with E-state index in [9.17, 15) is 0 Å². The van der Waals surface area contributed by atoms with Gasteiger partial charge in [0.1, 0.15) is 5.75 Å². The van der Waals surface area contributed by atoms with Gasteiger partial charge in [-0.25, -0.2) is 0 Å². The Balaban J connectivity index is 2.31. The number of rotatable bonds is 9. The minimum absolute atomic E-state index is 0.303. The Bertz CT molecular complexity index is 398. The normalized spacial score (nSPS) is 13.5. The van der Waals surface area contributed by atoms with Crippen LogP contribution in [0, 0.1) is 5.41 Å². The Morgan fingerprint density at radius 2 is 1.81 bits per heavy atom. The van der Waals surface area contributed by atoms with Crippen molar-refractivity contribution in [3.05, 3.63) is 29.8 Å². The van der Waals surface area contributed by atoms with Gasteiger partial charge in [0.25, 0.3) is 0 Å². The predicted octanol–water partition coefficient (Wildman–Crippen LogP) is 3.19. The van der Waals surface area contributed by atoms with Crippen LogP contribution in [0.2, 0.25) is 0 Å². The minimum atomic E-state index is 0.303. The van der Waals surface area contributed by atoms with Crippen LogP contribution >= 0.6 is 0 Å². The molecule has 0 aromatic heterocycles. The molecular formula is C18H32N2O. The van der Waals surface area contributed by atoms with Crippen molar-refractivity contribution in [1.29, 1.82) is 0 Å². The zero-order chi connectivity index (χ0) is 15.9. The van der Waals surface area contributed by atoms with Crippen LogP contribution in [0.15, 0.2) is 24.3 Å². The number of methoxy groups -OCH3 is 1. The van der Waals surface area contributed by atoms with Gasteiger partial charge in [0.05, 0.1) is 7.11 Å². The summed E-state index contributed by atoms with van der Waals surface area (Å²) in [7, 11) is 5.97. The molecule has 0 amide bonds. The van der Waals surface area contributed by atoms with Crippen LogP contribution in [0.1, 0.15) is 32.8 Å². The Kier molecular flexibility index (Phi) is 7.20. The van der Waals surface area contributed by atoms with Crippen molar-refractivity contribution < 1.29 is 4.74 Å². The molecule has 0 saturated heterocycles. The van der Waals surface area contributed by atoms with E-state index in [-0.39, 0.29) is 0 Å². The third-order valence-electron chi connectivity index (χ3n) is 3.70. The van der Waals surface area contributed by atoms with Crippen LogP contribution in [-0.2, 0) is 6.42 Å². The molecule has 0 aliphatic rings. The maximum absolute atomic E-state index is 5.19. The number of benzene rings is 1. The van der Waals surface area contributed by atoms with Crippen LogP contribution in [0.3, 0.4) is 0 Å². The number of nitrogens with one attached hydrogen (secondary N) is 1. The molecule has 1 unspecified atom stereocenters. The van der Waals surface area contributed by atoms with Crippen LogP contribution in [-0.4, -0.2) is 45.2 Å². The van der Waals surface area contributed by atoms with Gasteiger partial charge in [0, 0.05) is 19.1 Å². The van der Waals surface area contributed by atoms with Crippen LogP contribution < -0.4 is 10.1 Å². The van der Waals surface area contributed by atoms with E-state index in [1.54, 1.807) is 7.11 Å². The Morgan fingerprint density at radius 1 is 1.19 bits per heavy atom. The van der Waals surface area contributed by atoms with E-state index in [2.05, 4.69) is 57.2 Å². The van der Waals surface area contributed by atoms with E-state index in [4.69, 9.17) is 4.74 Å².